The van der Waals surface area contributed by atoms with Crippen molar-refractivity contribution in [1.29, 1.82) is 0 Å². The molecule has 0 unspecified atom stereocenters. The molecule has 1 atom stereocenters. The lowest BCUT2D eigenvalue weighted by Crippen LogP contribution is -2.53. The summed E-state index contributed by atoms with van der Waals surface area (Å²) in [5.74, 6) is -0.501. The quantitative estimate of drug-likeness (QED) is 0.393. The van der Waals surface area contributed by atoms with Gasteiger partial charge in [0, 0.05) is 24.6 Å². The van der Waals surface area contributed by atoms with Gasteiger partial charge >= 0.3 is 0 Å². The Morgan fingerprint density at radius 1 is 0.912 bits per heavy atom. The summed E-state index contributed by atoms with van der Waals surface area (Å²) in [5, 5.41) is 13.7. The van der Waals surface area contributed by atoms with Gasteiger partial charge in [-0.1, -0.05) is 60.7 Å². The molecule has 5 nitrogen and oxygen atoms in total. The molecule has 174 valence electrons. The van der Waals surface area contributed by atoms with E-state index in [1.54, 1.807) is 19.9 Å². The molecule has 0 bridgehead atoms. The summed E-state index contributed by atoms with van der Waals surface area (Å²) in [4.78, 5) is 2.37. The molecule has 0 saturated carbocycles. The standard InChI is InChI=1S/C27H27F2N5/c1-27(2,29)24(20-13-21(15-23(28)14-20)26-30-32-33-31-26)22-16-34(17-22)25(18-9-5-3-6-10-18)19-11-7-4-8-12-19/h3-15,22,24-25H,16-17H2,1-2H3,(H,30,31,32,33)/t24-/m0/s1. The van der Waals surface area contributed by atoms with Crippen molar-refractivity contribution in [2.45, 2.75) is 31.5 Å². The van der Waals surface area contributed by atoms with Crippen LogP contribution in [0.4, 0.5) is 8.78 Å². The van der Waals surface area contributed by atoms with Crippen molar-refractivity contribution < 1.29 is 8.78 Å². The van der Waals surface area contributed by atoms with Gasteiger partial charge in [0.2, 0.25) is 0 Å². The van der Waals surface area contributed by atoms with Crippen LogP contribution in [0.1, 0.15) is 42.5 Å². The van der Waals surface area contributed by atoms with Gasteiger partial charge in [0.25, 0.3) is 0 Å². The molecule has 3 aromatic carbocycles. The molecule has 2 heterocycles. The average molecular weight is 460 g/mol. The number of H-pyrrole nitrogens is 1. The van der Waals surface area contributed by atoms with E-state index < -0.39 is 17.4 Å². The van der Waals surface area contributed by atoms with Crippen LogP contribution >= 0.6 is 0 Å². The van der Waals surface area contributed by atoms with Gasteiger partial charge in [-0.3, -0.25) is 4.90 Å². The molecule has 0 spiro atoms. The molecule has 1 fully saturated rings. The van der Waals surface area contributed by atoms with Crippen LogP contribution in [0.2, 0.25) is 0 Å². The van der Waals surface area contributed by atoms with Gasteiger partial charge in [0.1, 0.15) is 11.5 Å². The smallest absolute Gasteiger partial charge is 0.179 e. The summed E-state index contributed by atoms with van der Waals surface area (Å²) >= 11 is 0. The zero-order valence-electron chi connectivity index (χ0n) is 19.2. The number of nitrogens with one attached hydrogen (secondary N) is 1. The number of likely N-dealkylation sites (tertiary alicyclic amines) is 1. The number of rotatable bonds is 7. The Labute approximate surface area is 197 Å². The number of alkyl halides is 1. The highest BCUT2D eigenvalue weighted by atomic mass is 19.1. The Hall–Kier alpha value is -3.45. The first-order valence-electron chi connectivity index (χ1n) is 11.5. The number of hydrogen-bond donors (Lipinski definition) is 1. The SMILES string of the molecule is CC(C)(F)[C@@H](c1cc(F)cc(-c2nnn[nH]2)c1)C1CN(C(c2ccccc2)c2ccccc2)C1. The highest BCUT2D eigenvalue weighted by molar-refractivity contribution is 5.56. The van der Waals surface area contributed by atoms with E-state index in [0.29, 0.717) is 30.0 Å². The normalized spacial score (nSPS) is 15.9. The summed E-state index contributed by atoms with van der Waals surface area (Å²) in [6, 6.07) is 25.4. The second kappa shape index (κ2) is 9.06. The highest BCUT2D eigenvalue weighted by Crippen LogP contribution is 2.45. The Morgan fingerprint density at radius 3 is 2.06 bits per heavy atom. The molecule has 1 aromatic heterocycles. The van der Waals surface area contributed by atoms with Crippen LogP contribution < -0.4 is 0 Å². The molecule has 1 aliphatic heterocycles. The van der Waals surface area contributed by atoms with E-state index in [9.17, 15) is 4.39 Å². The van der Waals surface area contributed by atoms with Gasteiger partial charge in [-0.05, 0) is 65.1 Å². The van der Waals surface area contributed by atoms with E-state index >= 15 is 4.39 Å². The Morgan fingerprint density at radius 2 is 1.53 bits per heavy atom. The fourth-order valence-corrected chi connectivity index (χ4v) is 5.29. The Balaban J connectivity index is 1.44. The first kappa shape index (κ1) is 22.3. The van der Waals surface area contributed by atoms with Gasteiger partial charge in [0.05, 0.1) is 6.04 Å². The van der Waals surface area contributed by atoms with Crippen molar-refractivity contribution in [3.8, 4) is 11.4 Å². The zero-order chi connectivity index (χ0) is 23.7. The van der Waals surface area contributed by atoms with Gasteiger partial charge in [0.15, 0.2) is 5.82 Å². The van der Waals surface area contributed by atoms with Crippen molar-refractivity contribution in [2.24, 2.45) is 5.92 Å². The molecule has 5 rings (SSSR count). The predicted molar refractivity (Wildman–Crippen MR) is 127 cm³/mol. The lowest BCUT2D eigenvalue weighted by Gasteiger charge is -2.50. The van der Waals surface area contributed by atoms with Crippen molar-refractivity contribution in [2.75, 3.05) is 13.1 Å². The topological polar surface area (TPSA) is 57.7 Å². The van der Waals surface area contributed by atoms with E-state index in [2.05, 4.69) is 49.8 Å². The molecule has 7 heteroatoms. The summed E-state index contributed by atoms with van der Waals surface area (Å²) in [6.07, 6.45) is 0. The van der Waals surface area contributed by atoms with Crippen molar-refractivity contribution >= 4 is 0 Å². The minimum atomic E-state index is -1.53. The Kier molecular flexibility index (Phi) is 5.96. The van der Waals surface area contributed by atoms with E-state index in [1.165, 1.54) is 23.3 Å². The number of aromatic nitrogens is 4. The van der Waals surface area contributed by atoms with Gasteiger partial charge in [-0.25, -0.2) is 13.9 Å². The summed E-state index contributed by atoms with van der Waals surface area (Å²) < 4.78 is 30.2. The van der Waals surface area contributed by atoms with Crippen molar-refractivity contribution in [3.63, 3.8) is 0 Å². The minimum absolute atomic E-state index is 0.0393. The largest absolute Gasteiger partial charge is 0.292 e. The number of tetrazole rings is 1. The van der Waals surface area contributed by atoms with Crippen LogP contribution in [0.15, 0.2) is 78.9 Å². The highest BCUT2D eigenvalue weighted by Gasteiger charge is 2.45. The average Bonchev–Trinajstić information content (AvgIpc) is 3.33. The molecule has 34 heavy (non-hydrogen) atoms. The van der Waals surface area contributed by atoms with Crippen molar-refractivity contribution in [3.05, 3.63) is 101 Å². The van der Waals surface area contributed by atoms with Crippen LogP contribution in [-0.4, -0.2) is 44.3 Å². The van der Waals surface area contributed by atoms with E-state index in [1.807, 2.05) is 36.4 Å². The van der Waals surface area contributed by atoms with E-state index in [-0.39, 0.29) is 12.0 Å². The first-order valence-corrected chi connectivity index (χ1v) is 11.5. The monoisotopic (exact) mass is 459 g/mol. The Bertz CT molecular complexity index is 1180. The third kappa shape index (κ3) is 4.48. The lowest BCUT2D eigenvalue weighted by molar-refractivity contribution is 0.00814. The molecule has 0 amide bonds. The molecule has 0 radical (unpaired) electrons. The minimum Gasteiger partial charge on any atom is -0.292 e. The molecular formula is C27H27F2N5. The maximum absolute atomic E-state index is 15.6. The van der Waals surface area contributed by atoms with Crippen LogP contribution in [0.25, 0.3) is 11.4 Å². The molecule has 4 aromatic rings. The second-order valence-corrected chi connectivity index (χ2v) is 9.50. The molecule has 1 saturated heterocycles. The van der Waals surface area contributed by atoms with Crippen molar-refractivity contribution in [1.82, 2.24) is 25.5 Å². The molecule has 1 aliphatic rings. The van der Waals surface area contributed by atoms with Crippen LogP contribution in [0.3, 0.4) is 0 Å². The van der Waals surface area contributed by atoms with Gasteiger partial charge in [-0.2, -0.15) is 0 Å². The fraction of sp³-hybridized carbons (Fsp3) is 0.296. The lowest BCUT2D eigenvalue weighted by atomic mass is 9.72. The maximum Gasteiger partial charge on any atom is 0.179 e. The summed E-state index contributed by atoms with van der Waals surface area (Å²) in [7, 11) is 0. The maximum atomic E-state index is 15.6. The molecule has 0 aliphatic carbocycles. The molecular weight excluding hydrogens is 432 g/mol. The number of halogens is 2. The van der Waals surface area contributed by atoms with Crippen LogP contribution in [0.5, 0.6) is 0 Å². The summed E-state index contributed by atoms with van der Waals surface area (Å²) in [6.45, 7) is 4.57. The first-order chi connectivity index (χ1) is 16.4. The van der Waals surface area contributed by atoms with Crippen LogP contribution in [0, 0.1) is 11.7 Å². The van der Waals surface area contributed by atoms with E-state index in [4.69, 9.17) is 0 Å². The number of hydrogen-bond acceptors (Lipinski definition) is 4. The number of aromatic amines is 1. The van der Waals surface area contributed by atoms with Crippen LogP contribution in [-0.2, 0) is 0 Å². The number of nitrogens with zero attached hydrogens (tertiary/aromatic N) is 4. The van der Waals surface area contributed by atoms with Gasteiger partial charge in [-0.15, -0.1) is 5.10 Å². The zero-order valence-corrected chi connectivity index (χ0v) is 19.2. The fourth-order valence-electron chi connectivity index (χ4n) is 5.29. The predicted octanol–water partition coefficient (Wildman–Crippen LogP) is 5.56. The van der Waals surface area contributed by atoms with Gasteiger partial charge < -0.3 is 0 Å². The molecule has 1 N–H and O–H groups in total. The third-order valence-corrected chi connectivity index (χ3v) is 6.64. The summed E-state index contributed by atoms with van der Waals surface area (Å²) in [5.41, 5.74) is 2.01. The number of benzene rings is 3. The second-order valence-electron chi connectivity index (χ2n) is 9.50. The third-order valence-electron chi connectivity index (χ3n) is 6.64. The van der Waals surface area contributed by atoms with E-state index in [0.717, 1.165) is 0 Å².